The van der Waals surface area contributed by atoms with E-state index in [1.54, 1.807) is 0 Å². The average molecular weight is 265 g/mol. The van der Waals surface area contributed by atoms with Gasteiger partial charge in [-0.05, 0) is 28.1 Å². The molecule has 0 aliphatic rings. The number of nitrogens with one attached hydrogen (secondary N) is 1. The highest BCUT2D eigenvalue weighted by Gasteiger charge is 2.16. The number of H-pyrrole nitrogens is 1. The lowest BCUT2D eigenvalue weighted by Crippen LogP contribution is -1.88. The second-order valence-corrected chi connectivity index (χ2v) is 3.47. The molecular weight excluding hydrogens is 261 g/mol. The van der Waals surface area contributed by atoms with Gasteiger partial charge in [0.25, 0.3) is 6.43 Å². The third kappa shape index (κ3) is 1.50. The zero-order valence-corrected chi connectivity index (χ0v) is 8.28. The van der Waals surface area contributed by atoms with Crippen LogP contribution < -0.4 is 0 Å². The molecule has 1 N–H and O–H groups in total. The minimum Gasteiger partial charge on any atom is -0.332 e. The summed E-state index contributed by atoms with van der Waals surface area (Å²) < 4.78 is 38.1. The van der Waals surface area contributed by atoms with Gasteiger partial charge in [-0.1, -0.05) is 0 Å². The predicted octanol–water partition coefficient (Wildman–Crippen LogP) is 3.40. The third-order valence-corrected chi connectivity index (χ3v) is 2.16. The first-order chi connectivity index (χ1) is 6.58. The van der Waals surface area contributed by atoms with E-state index >= 15 is 0 Å². The van der Waals surface area contributed by atoms with E-state index in [0.29, 0.717) is 4.73 Å². The molecule has 1 aromatic carbocycles. The third-order valence-electron chi connectivity index (χ3n) is 1.79. The molecule has 0 unspecified atom stereocenters. The summed E-state index contributed by atoms with van der Waals surface area (Å²) in [7, 11) is 0. The van der Waals surface area contributed by atoms with Crippen molar-refractivity contribution in [2.45, 2.75) is 6.43 Å². The molecule has 6 heteroatoms. The number of nitrogens with zero attached hydrogens (tertiary/aromatic N) is 1. The van der Waals surface area contributed by atoms with Crippen LogP contribution in [0.4, 0.5) is 13.2 Å². The lowest BCUT2D eigenvalue weighted by molar-refractivity contribution is 0.152. The molecular formula is C8H4BrF3N2. The minimum atomic E-state index is -2.73. The Bertz CT molecular complexity index is 481. The Balaban J connectivity index is 2.79. The number of hydrogen-bond acceptors (Lipinski definition) is 1. The van der Waals surface area contributed by atoms with E-state index in [9.17, 15) is 13.2 Å². The van der Waals surface area contributed by atoms with E-state index in [4.69, 9.17) is 0 Å². The first-order valence-electron chi connectivity index (χ1n) is 3.70. The molecule has 0 saturated heterocycles. The van der Waals surface area contributed by atoms with Gasteiger partial charge in [0, 0.05) is 5.56 Å². The van der Waals surface area contributed by atoms with Crippen molar-refractivity contribution in [2.24, 2.45) is 0 Å². The van der Waals surface area contributed by atoms with Crippen molar-refractivity contribution < 1.29 is 13.2 Å². The second kappa shape index (κ2) is 3.27. The fourth-order valence-corrected chi connectivity index (χ4v) is 1.63. The largest absolute Gasteiger partial charge is 0.332 e. The Hall–Kier alpha value is -1.04. The van der Waals surface area contributed by atoms with E-state index in [2.05, 4.69) is 25.9 Å². The summed E-state index contributed by atoms with van der Waals surface area (Å²) in [6.45, 7) is 0. The monoisotopic (exact) mass is 264 g/mol. The van der Waals surface area contributed by atoms with Gasteiger partial charge in [-0.15, -0.1) is 0 Å². The molecule has 2 nitrogen and oxygen atoms in total. The molecule has 0 fully saturated rings. The van der Waals surface area contributed by atoms with Gasteiger partial charge in [-0.25, -0.2) is 18.2 Å². The van der Waals surface area contributed by atoms with Crippen LogP contribution in [0.2, 0.25) is 0 Å². The first-order valence-corrected chi connectivity index (χ1v) is 4.50. The fraction of sp³-hybridized carbons (Fsp3) is 0.125. The van der Waals surface area contributed by atoms with Crippen LogP contribution in [0.5, 0.6) is 0 Å². The summed E-state index contributed by atoms with van der Waals surface area (Å²) in [5.41, 5.74) is -0.0533. The standard InChI is InChI=1S/C8H4BrF3N2/c9-8-13-5-2-3(10)1-4(7(11)12)6(5)14-8/h1-2,7H,(H,13,14). The minimum absolute atomic E-state index is 0.0910. The summed E-state index contributed by atoms with van der Waals surface area (Å²) in [5.74, 6) is -0.705. The number of imidazole rings is 1. The van der Waals surface area contributed by atoms with Crippen LogP contribution in [0.1, 0.15) is 12.0 Å². The molecule has 0 aliphatic heterocycles. The summed E-state index contributed by atoms with van der Waals surface area (Å²) in [5, 5.41) is 0. The maximum absolute atomic E-state index is 12.9. The van der Waals surface area contributed by atoms with E-state index in [1.165, 1.54) is 0 Å². The zero-order valence-electron chi connectivity index (χ0n) is 6.69. The van der Waals surface area contributed by atoms with Crippen LogP contribution in [-0.2, 0) is 0 Å². The summed E-state index contributed by atoms with van der Waals surface area (Å²) >= 11 is 3.00. The molecule has 1 heterocycles. The number of halogens is 4. The molecule has 0 saturated carbocycles. The number of benzene rings is 1. The molecule has 14 heavy (non-hydrogen) atoms. The smallest absolute Gasteiger partial charge is 0.266 e. The van der Waals surface area contributed by atoms with E-state index in [1.807, 2.05) is 0 Å². The van der Waals surface area contributed by atoms with Crippen molar-refractivity contribution in [1.29, 1.82) is 0 Å². The lowest BCUT2D eigenvalue weighted by atomic mass is 10.2. The highest BCUT2D eigenvalue weighted by Crippen LogP contribution is 2.28. The number of hydrogen-bond donors (Lipinski definition) is 1. The van der Waals surface area contributed by atoms with Gasteiger partial charge >= 0.3 is 0 Å². The maximum Gasteiger partial charge on any atom is 0.266 e. The van der Waals surface area contributed by atoms with Crippen molar-refractivity contribution in [3.8, 4) is 0 Å². The topological polar surface area (TPSA) is 28.7 Å². The SMILES string of the molecule is Fc1cc(C(F)F)c2nc(Br)[nH]c2c1. The van der Waals surface area contributed by atoms with Gasteiger partial charge in [0.1, 0.15) is 5.82 Å². The molecule has 74 valence electrons. The predicted molar refractivity (Wildman–Crippen MR) is 48.7 cm³/mol. The van der Waals surface area contributed by atoms with Gasteiger partial charge < -0.3 is 4.98 Å². The van der Waals surface area contributed by atoms with Gasteiger partial charge in [0.2, 0.25) is 0 Å². The molecule has 0 amide bonds. The Kier molecular flexibility index (Phi) is 2.22. The Morgan fingerprint density at radius 1 is 1.36 bits per heavy atom. The lowest BCUT2D eigenvalue weighted by Gasteiger charge is -2.00. The number of fused-ring (bicyclic) bond motifs is 1. The summed E-state index contributed by atoms with van der Waals surface area (Å²) in [6.07, 6.45) is -2.73. The van der Waals surface area contributed by atoms with Gasteiger partial charge in [0.05, 0.1) is 11.0 Å². The Morgan fingerprint density at radius 2 is 2.07 bits per heavy atom. The Morgan fingerprint density at radius 3 is 2.71 bits per heavy atom. The van der Waals surface area contributed by atoms with Crippen molar-refractivity contribution in [3.05, 3.63) is 28.2 Å². The van der Waals surface area contributed by atoms with Crippen LogP contribution in [0.25, 0.3) is 11.0 Å². The number of rotatable bonds is 1. The number of alkyl halides is 2. The number of aromatic amines is 1. The Labute approximate surface area is 85.3 Å². The normalized spacial score (nSPS) is 11.5. The van der Waals surface area contributed by atoms with Crippen LogP contribution in [0.3, 0.4) is 0 Å². The van der Waals surface area contributed by atoms with Crippen LogP contribution in [0.15, 0.2) is 16.9 Å². The number of aromatic nitrogens is 2. The molecule has 0 radical (unpaired) electrons. The fourth-order valence-electron chi connectivity index (χ4n) is 1.24. The molecule has 1 aromatic heterocycles. The highest BCUT2D eigenvalue weighted by molar-refractivity contribution is 9.10. The molecule has 0 bridgehead atoms. The van der Waals surface area contributed by atoms with Gasteiger partial charge in [-0.2, -0.15) is 0 Å². The van der Waals surface area contributed by atoms with E-state index in [-0.39, 0.29) is 11.0 Å². The van der Waals surface area contributed by atoms with Crippen LogP contribution in [-0.4, -0.2) is 9.97 Å². The average Bonchev–Trinajstić information content (AvgIpc) is 2.42. The summed E-state index contributed by atoms with van der Waals surface area (Å²) in [6, 6.07) is 1.92. The van der Waals surface area contributed by atoms with Crippen molar-refractivity contribution in [2.75, 3.05) is 0 Å². The van der Waals surface area contributed by atoms with Crippen molar-refractivity contribution in [3.63, 3.8) is 0 Å². The maximum atomic E-state index is 12.9. The summed E-state index contributed by atoms with van der Waals surface area (Å²) in [4.78, 5) is 6.42. The molecule has 2 aromatic rings. The highest BCUT2D eigenvalue weighted by atomic mass is 79.9. The first kappa shape index (κ1) is 9.51. The van der Waals surface area contributed by atoms with E-state index in [0.717, 1.165) is 12.1 Å². The van der Waals surface area contributed by atoms with Crippen LogP contribution in [0, 0.1) is 5.82 Å². The van der Waals surface area contributed by atoms with Gasteiger partial charge in [0.15, 0.2) is 4.73 Å². The zero-order chi connectivity index (χ0) is 10.3. The van der Waals surface area contributed by atoms with Crippen LogP contribution >= 0.6 is 15.9 Å². The second-order valence-electron chi connectivity index (χ2n) is 2.72. The van der Waals surface area contributed by atoms with E-state index < -0.39 is 17.8 Å². The van der Waals surface area contributed by atoms with Gasteiger partial charge in [-0.3, -0.25) is 0 Å². The van der Waals surface area contributed by atoms with Crippen molar-refractivity contribution in [1.82, 2.24) is 9.97 Å². The molecule has 0 spiro atoms. The molecule has 0 aliphatic carbocycles. The molecule has 0 atom stereocenters. The van der Waals surface area contributed by atoms with Crippen molar-refractivity contribution >= 4 is 27.0 Å². The molecule has 2 rings (SSSR count). The quantitative estimate of drug-likeness (QED) is 0.841.